The van der Waals surface area contributed by atoms with Crippen LogP contribution in [0.2, 0.25) is 0 Å². The molecular weight excluding hydrogens is 274 g/mol. The fourth-order valence-electron chi connectivity index (χ4n) is 2.27. The van der Waals surface area contributed by atoms with Crippen LogP contribution in [0.5, 0.6) is 5.75 Å². The van der Waals surface area contributed by atoms with E-state index in [2.05, 4.69) is 34.7 Å². The van der Waals surface area contributed by atoms with Gasteiger partial charge < -0.3 is 10.1 Å². The van der Waals surface area contributed by atoms with Crippen LogP contribution in [0.1, 0.15) is 11.3 Å². The standard InChI is InChI=1S/C18H19N3O/c1-22-18-9-7-17(8-10-18)21-12-11-16(20-21)14-19-13-15-5-3-2-4-6-15/h2-12,19H,13-14H2,1H3. The molecule has 0 fully saturated rings. The zero-order valence-electron chi connectivity index (χ0n) is 12.6. The SMILES string of the molecule is COc1ccc(-n2ccc(CNCc3ccccc3)n2)cc1. The molecule has 0 radical (unpaired) electrons. The molecule has 0 saturated carbocycles. The first-order chi connectivity index (χ1) is 10.8. The Kier molecular flexibility index (Phi) is 4.51. The van der Waals surface area contributed by atoms with E-state index in [1.54, 1.807) is 7.11 Å². The van der Waals surface area contributed by atoms with Crippen LogP contribution in [0, 0.1) is 0 Å². The van der Waals surface area contributed by atoms with Crippen molar-refractivity contribution in [3.8, 4) is 11.4 Å². The molecule has 0 aliphatic heterocycles. The monoisotopic (exact) mass is 293 g/mol. The topological polar surface area (TPSA) is 39.1 Å². The third-order valence-corrected chi connectivity index (χ3v) is 3.46. The van der Waals surface area contributed by atoms with E-state index in [1.807, 2.05) is 47.3 Å². The quantitative estimate of drug-likeness (QED) is 0.758. The highest BCUT2D eigenvalue weighted by Gasteiger charge is 2.02. The van der Waals surface area contributed by atoms with Crippen LogP contribution in [-0.4, -0.2) is 16.9 Å². The molecule has 4 nitrogen and oxygen atoms in total. The Morgan fingerprint density at radius 1 is 0.955 bits per heavy atom. The largest absolute Gasteiger partial charge is 0.497 e. The van der Waals surface area contributed by atoms with Gasteiger partial charge in [-0.2, -0.15) is 5.10 Å². The lowest BCUT2D eigenvalue weighted by atomic mass is 10.2. The van der Waals surface area contributed by atoms with Gasteiger partial charge in [-0.3, -0.25) is 0 Å². The number of nitrogens with zero attached hydrogens (tertiary/aromatic N) is 2. The van der Waals surface area contributed by atoms with Crippen molar-refractivity contribution in [3.63, 3.8) is 0 Å². The predicted molar refractivity (Wildman–Crippen MR) is 87.1 cm³/mol. The molecule has 0 saturated heterocycles. The molecule has 0 spiro atoms. The Balaban J connectivity index is 1.58. The molecule has 0 unspecified atom stereocenters. The first kappa shape index (κ1) is 14.4. The molecule has 0 amide bonds. The van der Waals surface area contributed by atoms with E-state index in [0.717, 1.165) is 30.2 Å². The zero-order chi connectivity index (χ0) is 15.2. The summed E-state index contributed by atoms with van der Waals surface area (Å²) in [6.07, 6.45) is 1.97. The number of ether oxygens (including phenoxy) is 1. The molecule has 0 atom stereocenters. The molecule has 22 heavy (non-hydrogen) atoms. The van der Waals surface area contributed by atoms with E-state index in [9.17, 15) is 0 Å². The van der Waals surface area contributed by atoms with E-state index in [-0.39, 0.29) is 0 Å². The van der Waals surface area contributed by atoms with Crippen LogP contribution in [0.15, 0.2) is 66.9 Å². The maximum atomic E-state index is 5.17. The number of benzene rings is 2. The summed E-state index contributed by atoms with van der Waals surface area (Å²) in [5.41, 5.74) is 3.32. The molecule has 3 aromatic rings. The Morgan fingerprint density at radius 2 is 1.73 bits per heavy atom. The van der Waals surface area contributed by atoms with Crippen molar-refractivity contribution in [2.75, 3.05) is 7.11 Å². The van der Waals surface area contributed by atoms with Crippen LogP contribution in [-0.2, 0) is 13.1 Å². The van der Waals surface area contributed by atoms with Crippen molar-refractivity contribution in [2.24, 2.45) is 0 Å². The third kappa shape index (κ3) is 3.54. The summed E-state index contributed by atoms with van der Waals surface area (Å²) in [7, 11) is 1.67. The minimum atomic E-state index is 0.748. The minimum Gasteiger partial charge on any atom is -0.497 e. The molecule has 4 heteroatoms. The summed E-state index contributed by atoms with van der Waals surface area (Å²) in [5, 5.41) is 7.99. The number of methoxy groups -OCH3 is 1. The van der Waals surface area contributed by atoms with Gasteiger partial charge in [-0.15, -0.1) is 0 Å². The van der Waals surface area contributed by atoms with Crippen molar-refractivity contribution in [3.05, 3.63) is 78.1 Å². The lowest BCUT2D eigenvalue weighted by molar-refractivity contribution is 0.414. The summed E-state index contributed by atoms with van der Waals surface area (Å²) in [6, 6.07) is 20.2. The Hall–Kier alpha value is -2.59. The maximum Gasteiger partial charge on any atom is 0.119 e. The van der Waals surface area contributed by atoms with E-state index >= 15 is 0 Å². The molecule has 0 bridgehead atoms. The normalized spacial score (nSPS) is 10.6. The molecule has 3 rings (SSSR count). The van der Waals surface area contributed by atoms with Crippen LogP contribution in [0.3, 0.4) is 0 Å². The Bertz CT molecular complexity index is 705. The summed E-state index contributed by atoms with van der Waals surface area (Å²) in [6.45, 7) is 1.59. The highest BCUT2D eigenvalue weighted by Crippen LogP contribution is 2.14. The summed E-state index contributed by atoms with van der Waals surface area (Å²) >= 11 is 0. The van der Waals surface area contributed by atoms with Crippen molar-refractivity contribution >= 4 is 0 Å². The number of hydrogen-bond acceptors (Lipinski definition) is 3. The molecule has 1 heterocycles. The molecule has 0 aliphatic rings. The molecular formula is C18H19N3O. The summed E-state index contributed by atoms with van der Waals surface area (Å²) in [5.74, 6) is 0.848. The molecule has 0 aliphatic carbocycles. The van der Waals surface area contributed by atoms with E-state index in [4.69, 9.17) is 4.74 Å². The number of rotatable bonds is 6. The lowest BCUT2D eigenvalue weighted by Crippen LogP contribution is -2.13. The molecule has 1 aromatic heterocycles. The van der Waals surface area contributed by atoms with Gasteiger partial charge in [0, 0.05) is 19.3 Å². The van der Waals surface area contributed by atoms with Crippen LogP contribution in [0.25, 0.3) is 5.69 Å². The van der Waals surface area contributed by atoms with Gasteiger partial charge in [0.25, 0.3) is 0 Å². The van der Waals surface area contributed by atoms with Crippen molar-refractivity contribution in [2.45, 2.75) is 13.1 Å². The van der Waals surface area contributed by atoms with Gasteiger partial charge in [0.15, 0.2) is 0 Å². The number of nitrogens with one attached hydrogen (secondary N) is 1. The second-order valence-corrected chi connectivity index (χ2v) is 5.04. The summed E-state index contributed by atoms with van der Waals surface area (Å²) < 4.78 is 7.04. The fraction of sp³-hybridized carbons (Fsp3) is 0.167. The van der Waals surface area contributed by atoms with Gasteiger partial charge in [0.05, 0.1) is 18.5 Å². The number of hydrogen-bond donors (Lipinski definition) is 1. The number of aromatic nitrogens is 2. The first-order valence-electron chi connectivity index (χ1n) is 7.29. The fourth-order valence-corrected chi connectivity index (χ4v) is 2.27. The van der Waals surface area contributed by atoms with Gasteiger partial charge in [0.2, 0.25) is 0 Å². The van der Waals surface area contributed by atoms with E-state index in [1.165, 1.54) is 5.56 Å². The van der Waals surface area contributed by atoms with Gasteiger partial charge >= 0.3 is 0 Å². The zero-order valence-corrected chi connectivity index (χ0v) is 12.6. The second kappa shape index (κ2) is 6.91. The van der Waals surface area contributed by atoms with Crippen LogP contribution in [0.4, 0.5) is 0 Å². The van der Waals surface area contributed by atoms with E-state index in [0.29, 0.717) is 0 Å². The van der Waals surface area contributed by atoms with Crippen molar-refractivity contribution in [1.82, 2.24) is 15.1 Å². The highest BCUT2D eigenvalue weighted by atomic mass is 16.5. The Morgan fingerprint density at radius 3 is 2.45 bits per heavy atom. The average molecular weight is 293 g/mol. The minimum absolute atomic E-state index is 0.748. The molecule has 1 N–H and O–H groups in total. The van der Waals surface area contributed by atoms with Crippen LogP contribution < -0.4 is 10.1 Å². The lowest BCUT2D eigenvalue weighted by Gasteiger charge is -2.04. The van der Waals surface area contributed by atoms with Crippen LogP contribution >= 0.6 is 0 Å². The van der Waals surface area contributed by atoms with E-state index < -0.39 is 0 Å². The van der Waals surface area contributed by atoms with Gasteiger partial charge in [-0.1, -0.05) is 30.3 Å². The smallest absolute Gasteiger partial charge is 0.119 e. The second-order valence-electron chi connectivity index (χ2n) is 5.04. The molecule has 2 aromatic carbocycles. The third-order valence-electron chi connectivity index (χ3n) is 3.46. The van der Waals surface area contributed by atoms with Gasteiger partial charge in [-0.25, -0.2) is 4.68 Å². The average Bonchev–Trinajstić information content (AvgIpc) is 3.05. The summed E-state index contributed by atoms with van der Waals surface area (Å²) in [4.78, 5) is 0. The maximum absolute atomic E-state index is 5.17. The highest BCUT2D eigenvalue weighted by molar-refractivity contribution is 5.36. The van der Waals surface area contributed by atoms with Gasteiger partial charge in [-0.05, 0) is 35.9 Å². The first-order valence-corrected chi connectivity index (χ1v) is 7.29. The molecule has 112 valence electrons. The van der Waals surface area contributed by atoms with Crippen molar-refractivity contribution in [1.29, 1.82) is 0 Å². The predicted octanol–water partition coefficient (Wildman–Crippen LogP) is 3.17. The Labute approximate surface area is 130 Å². The van der Waals surface area contributed by atoms with Gasteiger partial charge in [0.1, 0.15) is 5.75 Å². The van der Waals surface area contributed by atoms with Crippen molar-refractivity contribution < 1.29 is 4.74 Å².